The fourth-order valence-corrected chi connectivity index (χ4v) is 2.54. The van der Waals surface area contributed by atoms with Gasteiger partial charge in [0.2, 0.25) is 0 Å². The van der Waals surface area contributed by atoms with Crippen molar-refractivity contribution < 1.29 is 0 Å². The van der Waals surface area contributed by atoms with Crippen LogP contribution < -0.4 is 5.73 Å². The molecule has 0 bridgehead atoms. The number of nitrogens with two attached hydrogens (primary N) is 1. The molecule has 0 spiro atoms. The van der Waals surface area contributed by atoms with Crippen LogP contribution >= 0.6 is 35.7 Å². The lowest BCUT2D eigenvalue weighted by atomic mass is 10.3. The SMILES string of the molecule is I.NC(=NCCc1cnccn1)N1CCSCC1. The van der Waals surface area contributed by atoms with Crippen LogP contribution in [-0.2, 0) is 6.42 Å². The van der Waals surface area contributed by atoms with Gasteiger partial charge in [-0.25, -0.2) is 0 Å². The Morgan fingerprint density at radius 1 is 1.39 bits per heavy atom. The summed E-state index contributed by atoms with van der Waals surface area (Å²) in [6.07, 6.45) is 5.93. The molecule has 0 amide bonds. The lowest BCUT2D eigenvalue weighted by Gasteiger charge is -2.27. The molecule has 1 aliphatic rings. The topological polar surface area (TPSA) is 67.4 Å². The average molecular weight is 379 g/mol. The largest absolute Gasteiger partial charge is 0.370 e. The molecular weight excluding hydrogens is 361 g/mol. The van der Waals surface area contributed by atoms with E-state index in [1.54, 1.807) is 18.6 Å². The number of thioether (sulfide) groups is 1. The number of rotatable bonds is 3. The van der Waals surface area contributed by atoms with E-state index in [2.05, 4.69) is 19.9 Å². The maximum absolute atomic E-state index is 5.94. The van der Waals surface area contributed by atoms with E-state index in [0.29, 0.717) is 12.5 Å². The summed E-state index contributed by atoms with van der Waals surface area (Å²) in [4.78, 5) is 14.7. The Kier molecular flexibility index (Phi) is 7.33. The van der Waals surface area contributed by atoms with Crippen LogP contribution in [0.4, 0.5) is 0 Å². The van der Waals surface area contributed by atoms with E-state index in [0.717, 1.165) is 36.7 Å². The fourth-order valence-electron chi connectivity index (χ4n) is 1.64. The zero-order valence-electron chi connectivity index (χ0n) is 10.2. The van der Waals surface area contributed by atoms with E-state index in [-0.39, 0.29) is 24.0 Å². The van der Waals surface area contributed by atoms with Gasteiger partial charge in [0.15, 0.2) is 5.96 Å². The third kappa shape index (κ3) is 4.97. The minimum absolute atomic E-state index is 0. The van der Waals surface area contributed by atoms with Crippen LogP contribution in [0, 0.1) is 0 Å². The van der Waals surface area contributed by atoms with Crippen LogP contribution in [0.5, 0.6) is 0 Å². The van der Waals surface area contributed by atoms with Crippen molar-refractivity contribution in [2.24, 2.45) is 10.7 Å². The first-order valence-electron chi connectivity index (χ1n) is 5.74. The normalized spacial score (nSPS) is 16.2. The van der Waals surface area contributed by atoms with Crippen molar-refractivity contribution in [1.29, 1.82) is 0 Å². The van der Waals surface area contributed by atoms with Crippen LogP contribution in [0.2, 0.25) is 0 Å². The summed E-state index contributed by atoms with van der Waals surface area (Å²) in [6.45, 7) is 2.68. The molecule has 2 N–H and O–H groups in total. The maximum Gasteiger partial charge on any atom is 0.191 e. The molecule has 0 saturated carbocycles. The number of aromatic nitrogens is 2. The molecule has 1 fully saturated rings. The summed E-state index contributed by atoms with van der Waals surface area (Å²) in [5.74, 6) is 2.94. The number of hydrogen-bond donors (Lipinski definition) is 1. The zero-order chi connectivity index (χ0) is 11.9. The first-order chi connectivity index (χ1) is 8.36. The van der Waals surface area contributed by atoms with E-state index >= 15 is 0 Å². The summed E-state index contributed by atoms with van der Waals surface area (Å²) in [7, 11) is 0. The van der Waals surface area contributed by atoms with Crippen LogP contribution in [0.3, 0.4) is 0 Å². The van der Waals surface area contributed by atoms with E-state index in [1.165, 1.54) is 0 Å². The summed E-state index contributed by atoms with van der Waals surface area (Å²) in [5, 5.41) is 0. The van der Waals surface area contributed by atoms with Crippen molar-refractivity contribution in [2.75, 3.05) is 31.1 Å². The van der Waals surface area contributed by atoms with Gasteiger partial charge >= 0.3 is 0 Å². The van der Waals surface area contributed by atoms with Gasteiger partial charge in [-0.3, -0.25) is 15.0 Å². The Balaban J connectivity index is 0.00000162. The van der Waals surface area contributed by atoms with Crippen LogP contribution in [0.1, 0.15) is 5.69 Å². The monoisotopic (exact) mass is 379 g/mol. The highest BCUT2D eigenvalue weighted by molar-refractivity contribution is 14.0. The molecule has 0 aromatic carbocycles. The molecule has 1 saturated heterocycles. The standard InChI is InChI=1S/C11H17N5S.HI/c12-11(16-5-7-17-8-6-16)15-2-1-10-9-13-3-4-14-10;/h3-4,9H,1-2,5-8H2,(H2,12,15);1H. The zero-order valence-corrected chi connectivity index (χ0v) is 13.3. The Hall–Kier alpha value is -0.570. The van der Waals surface area contributed by atoms with E-state index < -0.39 is 0 Å². The number of aliphatic imine (C=N–C) groups is 1. The highest BCUT2D eigenvalue weighted by atomic mass is 127. The van der Waals surface area contributed by atoms with Gasteiger partial charge in [0.1, 0.15) is 0 Å². The lowest BCUT2D eigenvalue weighted by Crippen LogP contribution is -2.42. The smallest absolute Gasteiger partial charge is 0.191 e. The Morgan fingerprint density at radius 2 is 2.17 bits per heavy atom. The second-order valence-corrected chi connectivity index (χ2v) is 5.01. The molecule has 0 radical (unpaired) electrons. The molecule has 2 heterocycles. The van der Waals surface area contributed by atoms with Gasteiger partial charge in [-0.1, -0.05) is 0 Å². The van der Waals surface area contributed by atoms with E-state index in [1.807, 2.05) is 11.8 Å². The third-order valence-corrected chi connectivity index (χ3v) is 3.54. The molecular formula is C11H18IN5S. The third-order valence-electron chi connectivity index (χ3n) is 2.59. The first-order valence-corrected chi connectivity index (χ1v) is 6.89. The summed E-state index contributed by atoms with van der Waals surface area (Å²) < 4.78 is 0. The predicted octanol–water partition coefficient (Wildman–Crippen LogP) is 1.00. The van der Waals surface area contributed by atoms with Crippen molar-refractivity contribution in [3.63, 3.8) is 0 Å². The van der Waals surface area contributed by atoms with Gasteiger partial charge in [-0.2, -0.15) is 11.8 Å². The van der Waals surface area contributed by atoms with Crippen molar-refractivity contribution in [3.05, 3.63) is 24.3 Å². The van der Waals surface area contributed by atoms with Crippen molar-refractivity contribution in [3.8, 4) is 0 Å². The van der Waals surface area contributed by atoms with Crippen molar-refractivity contribution in [1.82, 2.24) is 14.9 Å². The van der Waals surface area contributed by atoms with Crippen LogP contribution in [0.15, 0.2) is 23.6 Å². The Labute approximate surface area is 129 Å². The van der Waals surface area contributed by atoms with Gasteiger partial charge in [0.05, 0.1) is 5.69 Å². The number of halogens is 1. The van der Waals surface area contributed by atoms with E-state index in [9.17, 15) is 0 Å². The second kappa shape index (κ2) is 8.52. The molecule has 0 aliphatic carbocycles. The van der Waals surface area contributed by atoms with Gasteiger partial charge in [0.25, 0.3) is 0 Å². The molecule has 1 aliphatic heterocycles. The molecule has 18 heavy (non-hydrogen) atoms. The Bertz CT molecular complexity index is 367. The van der Waals surface area contributed by atoms with Gasteiger partial charge in [0, 0.05) is 56.2 Å². The first kappa shape index (κ1) is 15.5. The predicted molar refractivity (Wildman–Crippen MR) is 86.5 cm³/mol. The summed E-state index contributed by atoms with van der Waals surface area (Å²) in [5.41, 5.74) is 6.90. The highest BCUT2D eigenvalue weighted by Crippen LogP contribution is 2.08. The second-order valence-electron chi connectivity index (χ2n) is 3.79. The molecule has 100 valence electrons. The maximum atomic E-state index is 5.94. The highest BCUT2D eigenvalue weighted by Gasteiger charge is 2.11. The molecule has 2 rings (SSSR count). The molecule has 1 aromatic heterocycles. The van der Waals surface area contributed by atoms with Gasteiger partial charge in [-0.15, -0.1) is 24.0 Å². The molecule has 0 atom stereocenters. The average Bonchev–Trinajstić information content (AvgIpc) is 2.41. The van der Waals surface area contributed by atoms with E-state index in [4.69, 9.17) is 5.73 Å². The molecule has 5 nitrogen and oxygen atoms in total. The molecule has 1 aromatic rings. The van der Waals surface area contributed by atoms with Crippen LogP contribution in [-0.4, -0.2) is 52.0 Å². The van der Waals surface area contributed by atoms with Crippen molar-refractivity contribution >= 4 is 41.7 Å². The minimum Gasteiger partial charge on any atom is -0.370 e. The molecule has 7 heteroatoms. The number of nitrogens with zero attached hydrogens (tertiary/aromatic N) is 4. The summed E-state index contributed by atoms with van der Waals surface area (Å²) >= 11 is 1.97. The van der Waals surface area contributed by atoms with Crippen LogP contribution in [0.25, 0.3) is 0 Å². The number of hydrogen-bond acceptors (Lipinski definition) is 4. The minimum atomic E-state index is 0. The lowest BCUT2D eigenvalue weighted by molar-refractivity contribution is 0.456. The van der Waals surface area contributed by atoms with Gasteiger partial charge < -0.3 is 10.6 Å². The van der Waals surface area contributed by atoms with Crippen molar-refractivity contribution in [2.45, 2.75) is 6.42 Å². The summed E-state index contributed by atoms with van der Waals surface area (Å²) in [6, 6.07) is 0. The molecule has 0 unspecified atom stereocenters. The number of guanidine groups is 1. The fraction of sp³-hybridized carbons (Fsp3) is 0.545. The van der Waals surface area contributed by atoms with Gasteiger partial charge in [-0.05, 0) is 0 Å². The Morgan fingerprint density at radius 3 is 2.83 bits per heavy atom. The quantitative estimate of drug-likeness (QED) is 0.482.